The molecule has 11 heavy (non-hydrogen) atoms. The van der Waals surface area contributed by atoms with Gasteiger partial charge in [0, 0.05) is 6.04 Å². The fourth-order valence-electron chi connectivity index (χ4n) is 0.967. The molecule has 0 saturated heterocycles. The second kappa shape index (κ2) is 4.35. The van der Waals surface area contributed by atoms with Crippen LogP contribution in [0.15, 0.2) is 24.3 Å². The minimum Gasteiger partial charge on any atom is -0.324 e. The summed E-state index contributed by atoms with van der Waals surface area (Å²) in [6.07, 6.45) is 0.992. The van der Waals surface area contributed by atoms with Gasteiger partial charge in [-0.3, -0.25) is 0 Å². The smallest absolute Gasteiger partial charge is 0.0293 e. The summed E-state index contributed by atoms with van der Waals surface area (Å²) in [5, 5.41) is 0. The summed E-state index contributed by atoms with van der Waals surface area (Å²) in [7, 11) is 0. The lowest BCUT2D eigenvalue weighted by Gasteiger charge is -2.16. The Balaban J connectivity index is 3.93. The monoisotopic (exact) mass is 153 g/mol. The molecule has 0 rings (SSSR count). The van der Waals surface area contributed by atoms with E-state index in [9.17, 15) is 0 Å². The number of nitrogens with two attached hydrogens (primary N) is 1. The van der Waals surface area contributed by atoms with Gasteiger partial charge in [-0.25, -0.2) is 0 Å². The highest BCUT2D eigenvalue weighted by atomic mass is 14.6. The Hall–Kier alpha value is -0.560. The van der Waals surface area contributed by atoms with E-state index in [1.807, 2.05) is 6.92 Å². The zero-order chi connectivity index (χ0) is 9.02. The van der Waals surface area contributed by atoms with E-state index in [0.717, 1.165) is 17.6 Å². The maximum atomic E-state index is 5.86. The maximum absolute atomic E-state index is 5.86. The molecule has 0 heterocycles. The molecular formula is C10H19N. The van der Waals surface area contributed by atoms with Gasteiger partial charge in [-0.2, -0.15) is 0 Å². The van der Waals surface area contributed by atoms with Crippen LogP contribution in [0.4, 0.5) is 0 Å². The summed E-state index contributed by atoms with van der Waals surface area (Å²) in [5.74, 6) is 0.626. The number of hydrogen-bond donors (Lipinski definition) is 1. The number of hydrogen-bond acceptors (Lipinski definition) is 1. The average molecular weight is 153 g/mol. The summed E-state index contributed by atoms with van der Waals surface area (Å²) in [4.78, 5) is 0. The van der Waals surface area contributed by atoms with Crippen molar-refractivity contribution in [1.82, 2.24) is 0 Å². The van der Waals surface area contributed by atoms with Crippen molar-refractivity contribution >= 4 is 0 Å². The molecule has 1 heteroatoms. The van der Waals surface area contributed by atoms with Gasteiger partial charge in [0.2, 0.25) is 0 Å². The molecule has 0 aromatic carbocycles. The third-order valence-corrected chi connectivity index (χ3v) is 1.72. The maximum Gasteiger partial charge on any atom is 0.0293 e. The Morgan fingerprint density at radius 2 is 1.82 bits per heavy atom. The first-order valence-electron chi connectivity index (χ1n) is 4.05. The lowest BCUT2D eigenvalue weighted by atomic mass is 9.95. The van der Waals surface area contributed by atoms with Crippen molar-refractivity contribution in [3.05, 3.63) is 24.3 Å². The van der Waals surface area contributed by atoms with Gasteiger partial charge in [-0.15, -0.1) is 0 Å². The van der Waals surface area contributed by atoms with Crippen LogP contribution in [0.1, 0.15) is 27.2 Å². The molecule has 0 fully saturated rings. The zero-order valence-corrected chi connectivity index (χ0v) is 7.85. The molecule has 1 unspecified atom stereocenters. The molecule has 0 saturated carbocycles. The van der Waals surface area contributed by atoms with Crippen LogP contribution >= 0.6 is 0 Å². The highest BCUT2D eigenvalue weighted by molar-refractivity contribution is 5.27. The van der Waals surface area contributed by atoms with Crippen LogP contribution in [0.3, 0.4) is 0 Å². The highest BCUT2D eigenvalue weighted by Gasteiger charge is 2.08. The minimum atomic E-state index is 0.0903. The summed E-state index contributed by atoms with van der Waals surface area (Å²) >= 11 is 0. The molecule has 0 radical (unpaired) electrons. The average Bonchev–Trinajstić information content (AvgIpc) is 1.84. The highest BCUT2D eigenvalue weighted by Crippen LogP contribution is 2.14. The molecular weight excluding hydrogens is 134 g/mol. The van der Waals surface area contributed by atoms with Crippen molar-refractivity contribution in [3.8, 4) is 0 Å². The van der Waals surface area contributed by atoms with E-state index in [2.05, 4.69) is 27.0 Å². The summed E-state index contributed by atoms with van der Waals surface area (Å²) < 4.78 is 0. The quantitative estimate of drug-likeness (QED) is 0.617. The van der Waals surface area contributed by atoms with Gasteiger partial charge in [-0.1, -0.05) is 32.6 Å². The van der Waals surface area contributed by atoms with Crippen molar-refractivity contribution in [2.24, 2.45) is 11.7 Å². The van der Waals surface area contributed by atoms with E-state index in [4.69, 9.17) is 5.73 Å². The third kappa shape index (κ3) is 3.99. The van der Waals surface area contributed by atoms with Gasteiger partial charge < -0.3 is 5.73 Å². The van der Waals surface area contributed by atoms with Crippen LogP contribution in [0.25, 0.3) is 0 Å². The molecule has 0 spiro atoms. The van der Waals surface area contributed by atoms with Crippen LogP contribution < -0.4 is 5.73 Å². The van der Waals surface area contributed by atoms with Gasteiger partial charge in [-0.05, 0) is 24.8 Å². The van der Waals surface area contributed by atoms with Crippen molar-refractivity contribution in [2.75, 3.05) is 0 Å². The van der Waals surface area contributed by atoms with Gasteiger partial charge >= 0.3 is 0 Å². The predicted octanol–water partition coefficient (Wildman–Crippen LogP) is 2.49. The third-order valence-electron chi connectivity index (χ3n) is 1.72. The first kappa shape index (κ1) is 10.4. The molecule has 0 aromatic rings. The first-order chi connectivity index (χ1) is 4.95. The van der Waals surface area contributed by atoms with E-state index >= 15 is 0 Å². The largest absolute Gasteiger partial charge is 0.324 e. The fourth-order valence-corrected chi connectivity index (χ4v) is 0.967. The molecule has 0 amide bonds. The molecule has 0 aliphatic heterocycles. The Morgan fingerprint density at radius 1 is 1.36 bits per heavy atom. The van der Waals surface area contributed by atoms with Crippen LogP contribution in [0.2, 0.25) is 0 Å². The topological polar surface area (TPSA) is 26.0 Å². The molecule has 0 aromatic heterocycles. The van der Waals surface area contributed by atoms with Crippen LogP contribution in [0.5, 0.6) is 0 Å². The van der Waals surface area contributed by atoms with Gasteiger partial charge in [0.1, 0.15) is 0 Å². The number of rotatable bonds is 4. The van der Waals surface area contributed by atoms with Crippen molar-refractivity contribution in [2.45, 2.75) is 33.2 Å². The molecule has 0 bridgehead atoms. The van der Waals surface area contributed by atoms with Crippen LogP contribution in [-0.4, -0.2) is 6.04 Å². The SMILES string of the molecule is C=C(C)C(=C)C(N)CC(C)C. The van der Waals surface area contributed by atoms with E-state index in [0.29, 0.717) is 5.92 Å². The van der Waals surface area contributed by atoms with Gasteiger partial charge in [0.15, 0.2) is 0 Å². The van der Waals surface area contributed by atoms with Crippen LogP contribution in [0, 0.1) is 5.92 Å². The van der Waals surface area contributed by atoms with Gasteiger partial charge in [0.05, 0.1) is 0 Å². The minimum absolute atomic E-state index is 0.0903. The van der Waals surface area contributed by atoms with Crippen molar-refractivity contribution in [3.63, 3.8) is 0 Å². The lowest BCUT2D eigenvalue weighted by Crippen LogP contribution is -2.24. The van der Waals surface area contributed by atoms with E-state index < -0.39 is 0 Å². The van der Waals surface area contributed by atoms with Crippen molar-refractivity contribution in [1.29, 1.82) is 0 Å². The van der Waals surface area contributed by atoms with E-state index in [-0.39, 0.29) is 6.04 Å². The van der Waals surface area contributed by atoms with E-state index in [1.165, 1.54) is 0 Å². The fraction of sp³-hybridized carbons (Fsp3) is 0.600. The zero-order valence-electron chi connectivity index (χ0n) is 7.85. The summed E-state index contributed by atoms with van der Waals surface area (Å²) in [5.41, 5.74) is 7.84. The van der Waals surface area contributed by atoms with Gasteiger partial charge in [0.25, 0.3) is 0 Å². The molecule has 1 nitrogen and oxygen atoms in total. The standard InChI is InChI=1S/C10H19N/c1-7(2)6-10(11)9(5)8(3)4/h7,10H,3,5-6,11H2,1-2,4H3. The first-order valence-corrected chi connectivity index (χ1v) is 4.05. The van der Waals surface area contributed by atoms with Crippen LogP contribution in [-0.2, 0) is 0 Å². The Labute approximate surface area is 70.0 Å². The summed E-state index contributed by atoms with van der Waals surface area (Å²) in [6, 6.07) is 0.0903. The Kier molecular flexibility index (Phi) is 4.12. The van der Waals surface area contributed by atoms with E-state index in [1.54, 1.807) is 0 Å². The Bertz CT molecular complexity index is 156. The Morgan fingerprint density at radius 3 is 2.09 bits per heavy atom. The second-order valence-corrected chi connectivity index (χ2v) is 3.54. The molecule has 1 atom stereocenters. The lowest BCUT2D eigenvalue weighted by molar-refractivity contribution is 0.536. The predicted molar refractivity (Wildman–Crippen MR) is 51.4 cm³/mol. The molecule has 0 aliphatic carbocycles. The molecule has 64 valence electrons. The second-order valence-electron chi connectivity index (χ2n) is 3.54. The van der Waals surface area contributed by atoms with Crippen molar-refractivity contribution < 1.29 is 0 Å². The molecule has 0 aliphatic rings. The normalized spacial score (nSPS) is 13.2. The summed E-state index contributed by atoms with van der Waals surface area (Å²) in [6.45, 7) is 14.0. The molecule has 2 N–H and O–H groups in total.